The molecule has 0 atom stereocenters. The van der Waals surface area contributed by atoms with Crippen molar-refractivity contribution in [2.45, 2.75) is 38.1 Å². The van der Waals surface area contributed by atoms with Crippen LogP contribution in [0.4, 0.5) is 5.13 Å². The van der Waals surface area contributed by atoms with Crippen molar-refractivity contribution in [1.82, 2.24) is 4.98 Å². The number of amides is 1. The summed E-state index contributed by atoms with van der Waals surface area (Å²) in [4.78, 5) is 17.8. The molecule has 3 N–H and O–H groups in total. The van der Waals surface area contributed by atoms with Crippen molar-refractivity contribution in [3.8, 4) is 11.3 Å². The minimum absolute atomic E-state index is 0.119. The number of rotatable bonds is 4. The smallest absolute Gasteiger partial charge is 0.246 e. The second kappa shape index (κ2) is 5.24. The molecule has 0 unspecified atom stereocenters. The van der Waals surface area contributed by atoms with Crippen LogP contribution in [0.1, 0.15) is 37.5 Å². The van der Waals surface area contributed by atoms with Crippen LogP contribution in [0, 0.1) is 0 Å². The highest BCUT2D eigenvalue weighted by molar-refractivity contribution is 7.16. The van der Waals surface area contributed by atoms with Crippen LogP contribution in [0.3, 0.4) is 0 Å². The Morgan fingerprint density at radius 2 is 2.00 bits per heavy atom. The van der Waals surface area contributed by atoms with Gasteiger partial charge in [0, 0.05) is 10.4 Å². The number of anilines is 1. The third-order valence-electron chi connectivity index (χ3n) is 3.69. The average Bonchev–Trinajstić information content (AvgIpc) is 3.08. The van der Waals surface area contributed by atoms with Gasteiger partial charge in [-0.05, 0) is 18.8 Å². The van der Waals surface area contributed by atoms with Gasteiger partial charge in [0.15, 0.2) is 5.13 Å². The Hall–Kier alpha value is -1.72. The Bertz CT molecular complexity index is 659. The highest BCUT2D eigenvalue weighted by atomic mass is 32.1. The molecular weight excluding hydrogens is 282 g/mol. The summed E-state index contributed by atoms with van der Waals surface area (Å²) in [5.41, 5.74) is 7.28. The number of benzene rings is 1. The van der Waals surface area contributed by atoms with Crippen LogP contribution in [0.5, 0.6) is 0 Å². The molecule has 21 heavy (non-hydrogen) atoms. The lowest BCUT2D eigenvalue weighted by molar-refractivity contribution is -0.118. The number of hydrogen-bond acceptors (Lipinski definition) is 4. The standard InChI is InChI=1S/C16H19N3OS/c1-10(2)13-12(11-6-4-3-5-7-11)18-15(21-13)19-14(20)16(17)8-9-16/h3-7,10H,8-9,17H2,1-2H3,(H,18,19,20). The predicted molar refractivity (Wildman–Crippen MR) is 86.4 cm³/mol. The molecule has 1 aromatic heterocycles. The zero-order valence-electron chi connectivity index (χ0n) is 12.2. The number of nitrogens with one attached hydrogen (secondary N) is 1. The molecule has 1 saturated carbocycles. The average molecular weight is 301 g/mol. The minimum Gasteiger partial charge on any atom is -0.317 e. The highest BCUT2D eigenvalue weighted by Gasteiger charge is 2.46. The van der Waals surface area contributed by atoms with Crippen LogP contribution in [0.2, 0.25) is 0 Å². The maximum atomic E-state index is 12.1. The molecule has 1 heterocycles. The molecule has 1 fully saturated rings. The van der Waals surface area contributed by atoms with Gasteiger partial charge in [-0.15, -0.1) is 11.3 Å². The van der Waals surface area contributed by atoms with E-state index in [4.69, 9.17) is 5.73 Å². The second-order valence-electron chi connectivity index (χ2n) is 5.86. The fraction of sp³-hybridized carbons (Fsp3) is 0.375. The number of thiazole rings is 1. The first-order valence-corrected chi connectivity index (χ1v) is 7.98. The molecule has 0 aliphatic heterocycles. The molecule has 1 aliphatic carbocycles. The van der Waals surface area contributed by atoms with E-state index in [0.717, 1.165) is 24.1 Å². The zero-order valence-corrected chi connectivity index (χ0v) is 13.0. The molecule has 0 bridgehead atoms. The normalized spacial score (nSPS) is 16.0. The van der Waals surface area contributed by atoms with Crippen molar-refractivity contribution in [1.29, 1.82) is 0 Å². The number of nitrogens with zero attached hydrogens (tertiary/aromatic N) is 1. The Morgan fingerprint density at radius 1 is 1.33 bits per heavy atom. The third-order valence-corrected chi connectivity index (χ3v) is 4.96. The van der Waals surface area contributed by atoms with Gasteiger partial charge in [-0.1, -0.05) is 44.2 Å². The number of hydrogen-bond donors (Lipinski definition) is 2. The molecule has 1 aliphatic rings. The van der Waals surface area contributed by atoms with E-state index in [2.05, 4.69) is 24.1 Å². The van der Waals surface area contributed by atoms with E-state index in [1.807, 2.05) is 30.3 Å². The van der Waals surface area contributed by atoms with E-state index in [-0.39, 0.29) is 5.91 Å². The van der Waals surface area contributed by atoms with Gasteiger partial charge in [0.05, 0.1) is 11.2 Å². The second-order valence-corrected chi connectivity index (χ2v) is 6.89. The Labute approximate surface area is 128 Å². The fourth-order valence-corrected chi connectivity index (χ4v) is 3.15. The summed E-state index contributed by atoms with van der Waals surface area (Å²) < 4.78 is 0. The molecule has 110 valence electrons. The maximum Gasteiger partial charge on any atom is 0.246 e. The van der Waals surface area contributed by atoms with Gasteiger partial charge >= 0.3 is 0 Å². The van der Waals surface area contributed by atoms with Crippen LogP contribution in [-0.2, 0) is 4.79 Å². The summed E-state index contributed by atoms with van der Waals surface area (Å²) in [5, 5.41) is 3.51. The van der Waals surface area contributed by atoms with E-state index in [1.54, 1.807) is 0 Å². The summed E-state index contributed by atoms with van der Waals surface area (Å²) >= 11 is 1.54. The van der Waals surface area contributed by atoms with Crippen LogP contribution in [0.15, 0.2) is 30.3 Å². The summed E-state index contributed by atoms with van der Waals surface area (Å²) in [6.07, 6.45) is 1.51. The van der Waals surface area contributed by atoms with Gasteiger partial charge in [0.25, 0.3) is 0 Å². The zero-order chi connectivity index (χ0) is 15.0. The first-order valence-electron chi connectivity index (χ1n) is 7.16. The van der Waals surface area contributed by atoms with Crippen LogP contribution in [0.25, 0.3) is 11.3 Å². The van der Waals surface area contributed by atoms with Gasteiger partial charge < -0.3 is 11.1 Å². The quantitative estimate of drug-likeness (QED) is 0.910. The van der Waals surface area contributed by atoms with Crippen molar-refractivity contribution >= 4 is 22.4 Å². The van der Waals surface area contributed by atoms with Crippen LogP contribution >= 0.6 is 11.3 Å². The number of carbonyl (C=O) groups excluding carboxylic acids is 1. The lowest BCUT2D eigenvalue weighted by atomic mass is 10.1. The van der Waals surface area contributed by atoms with Gasteiger partial charge in [-0.3, -0.25) is 4.79 Å². The topological polar surface area (TPSA) is 68.0 Å². The molecule has 3 rings (SSSR count). The molecular formula is C16H19N3OS. The van der Waals surface area contributed by atoms with Gasteiger partial charge in [-0.25, -0.2) is 4.98 Å². The van der Waals surface area contributed by atoms with Gasteiger partial charge in [-0.2, -0.15) is 0 Å². The highest BCUT2D eigenvalue weighted by Crippen LogP contribution is 2.38. The molecule has 4 nitrogen and oxygen atoms in total. The van der Waals surface area contributed by atoms with E-state index in [0.29, 0.717) is 11.0 Å². The maximum absolute atomic E-state index is 12.1. The molecule has 5 heteroatoms. The molecule has 0 saturated heterocycles. The summed E-state index contributed by atoms with van der Waals surface area (Å²) in [6.45, 7) is 4.27. The molecule has 0 spiro atoms. The van der Waals surface area contributed by atoms with E-state index in [9.17, 15) is 4.79 Å². The predicted octanol–water partition coefficient (Wildman–Crippen LogP) is 3.36. The fourth-order valence-electron chi connectivity index (χ4n) is 2.16. The van der Waals surface area contributed by atoms with E-state index >= 15 is 0 Å². The lowest BCUT2D eigenvalue weighted by Gasteiger charge is -2.06. The number of nitrogens with two attached hydrogens (primary N) is 1. The van der Waals surface area contributed by atoms with Crippen molar-refractivity contribution < 1.29 is 4.79 Å². The van der Waals surface area contributed by atoms with Crippen molar-refractivity contribution in [3.63, 3.8) is 0 Å². The van der Waals surface area contributed by atoms with Gasteiger partial charge in [0.1, 0.15) is 0 Å². The number of aromatic nitrogens is 1. The lowest BCUT2D eigenvalue weighted by Crippen LogP contribution is -2.37. The molecule has 2 aromatic rings. The Kier molecular flexibility index (Phi) is 3.55. The van der Waals surface area contributed by atoms with Crippen LogP contribution < -0.4 is 11.1 Å². The monoisotopic (exact) mass is 301 g/mol. The largest absolute Gasteiger partial charge is 0.317 e. The molecule has 1 aromatic carbocycles. The Morgan fingerprint density at radius 3 is 2.57 bits per heavy atom. The number of carbonyl (C=O) groups is 1. The van der Waals surface area contributed by atoms with Gasteiger partial charge in [0.2, 0.25) is 5.91 Å². The molecule has 0 radical (unpaired) electrons. The Balaban J connectivity index is 1.91. The SMILES string of the molecule is CC(C)c1sc(NC(=O)C2(N)CC2)nc1-c1ccccc1. The summed E-state index contributed by atoms with van der Waals surface area (Å²) in [7, 11) is 0. The first-order chi connectivity index (χ1) is 9.99. The van der Waals surface area contributed by atoms with Crippen molar-refractivity contribution in [3.05, 3.63) is 35.2 Å². The van der Waals surface area contributed by atoms with Crippen LogP contribution in [-0.4, -0.2) is 16.4 Å². The first kappa shape index (κ1) is 14.2. The van der Waals surface area contributed by atoms with Crippen molar-refractivity contribution in [2.75, 3.05) is 5.32 Å². The van der Waals surface area contributed by atoms with E-state index in [1.165, 1.54) is 16.2 Å². The minimum atomic E-state index is -0.670. The summed E-state index contributed by atoms with van der Waals surface area (Å²) in [6, 6.07) is 10.1. The van der Waals surface area contributed by atoms with E-state index < -0.39 is 5.54 Å². The third kappa shape index (κ3) is 2.84. The molecule has 1 amide bonds. The summed E-state index contributed by atoms with van der Waals surface area (Å²) in [5.74, 6) is 0.238. The van der Waals surface area contributed by atoms with Crippen molar-refractivity contribution in [2.24, 2.45) is 5.73 Å².